The molecule has 10 aliphatic rings. The number of methoxy groups -OCH3 is 5. The van der Waals surface area contributed by atoms with Gasteiger partial charge in [-0.2, -0.15) is 0 Å². The third kappa shape index (κ3) is 22.2. The Hall–Kier alpha value is -2.61. The van der Waals surface area contributed by atoms with E-state index in [0.717, 1.165) is 14.2 Å². The minimum Gasteiger partial charge on any atom is -0.479 e. The predicted octanol–water partition coefficient (Wildman–Crippen LogP) is -20.1. The van der Waals surface area contributed by atoms with Gasteiger partial charge in [-0.05, 0) is 0 Å². The van der Waals surface area contributed by atoms with Crippen molar-refractivity contribution in [2.24, 2.45) is 0 Å². The van der Waals surface area contributed by atoms with Crippen LogP contribution in [0.1, 0.15) is 0 Å². The topological polar surface area (TPSA) is 814 Å². The Kier molecular flexibility index (Phi) is 37.8. The van der Waals surface area contributed by atoms with Gasteiger partial charge in [0, 0.05) is 35.5 Å². The number of aliphatic hydroxyl groups excluding tert-OH is 27. The standard InChI is InChI=1S/C68H116O54/c1-98-11-22-30(76)34(80)43(89)63(109-22)116-51-24(12-99-2)111-65(45(91)37(51)83)117-52-25(13-100-3)112-66(46(92)38(52)84)118-53-26(14-101-4)113-67(47(93)39(53)85)120-55-27(15-102-5)114-68(49(95)57(55)122-62-42(88)33(79)29(75)18(7-70)105-62)115-50-19(8-71)107-64(44(90)36(50)82)121-56-48(94)59(103-16-23-31(77)35(81)40(86)60(110-23)108-21(10-73)58(96)97)106-20(9-72)54(56)119-61-41(87)32(78)28(74)17(6-69)104-61/h17-57,59-95H,6-16H2,1-5H3,(H,96,97)/t17-,18-,19-,20-,21?,22-,23-,24-,25-,26-,27-,28-,29-,30-,31-,32+,33+,34+,35+,36-,37-,38-,39-,40-,41-,42-,43-,44-,45-,46-,47-,48-,49-,50-,51-,52-,53-,54-,55-,56-,57-,59+,60+,61+,62-,63-,64+,65-,66-,67-,68-/m1/s1. The second-order valence-corrected chi connectivity index (χ2v) is 30.5. The molecule has 0 spiro atoms. The molecule has 1 unspecified atom stereocenters. The first-order chi connectivity index (χ1) is 58.0. The zero-order valence-corrected chi connectivity index (χ0v) is 65.9. The molecule has 54 nitrogen and oxygen atoms in total. The Morgan fingerprint density at radius 1 is 0.230 bits per heavy atom. The lowest BCUT2D eigenvalue weighted by atomic mass is 9.94. The zero-order chi connectivity index (χ0) is 89.5. The van der Waals surface area contributed by atoms with Crippen LogP contribution in [0.15, 0.2) is 0 Å². The second kappa shape index (κ2) is 45.5. The van der Waals surface area contributed by atoms with Gasteiger partial charge in [-0.15, -0.1) is 0 Å². The maximum atomic E-state index is 12.6. The lowest BCUT2D eigenvalue weighted by Gasteiger charge is -2.51. The molecule has 712 valence electrons. The normalized spacial score (nSPS) is 50.2. The smallest absolute Gasteiger partial charge is 0.335 e. The van der Waals surface area contributed by atoms with Crippen LogP contribution in [0.2, 0.25) is 0 Å². The summed E-state index contributed by atoms with van der Waals surface area (Å²) < 4.78 is 145. The van der Waals surface area contributed by atoms with Crippen molar-refractivity contribution >= 4 is 5.97 Å². The molecule has 10 heterocycles. The van der Waals surface area contributed by atoms with Crippen molar-refractivity contribution < 1.29 is 266 Å². The summed E-state index contributed by atoms with van der Waals surface area (Å²) in [7, 11) is 5.95. The molecular weight excluding hydrogens is 1680 g/mol. The monoisotopic (exact) mass is 1800 g/mol. The average Bonchev–Trinajstić information content (AvgIpc) is 0.763. The van der Waals surface area contributed by atoms with Gasteiger partial charge in [-0.3, -0.25) is 0 Å². The maximum absolute atomic E-state index is 12.6. The third-order valence-corrected chi connectivity index (χ3v) is 22.3. The highest BCUT2D eigenvalue weighted by molar-refractivity contribution is 5.72. The number of rotatable bonds is 37. The second-order valence-electron chi connectivity index (χ2n) is 30.5. The number of ether oxygens (including phenoxy) is 25. The molecular formula is C68H116O54. The van der Waals surface area contributed by atoms with Gasteiger partial charge in [0.1, 0.15) is 244 Å². The van der Waals surface area contributed by atoms with Crippen LogP contribution in [-0.2, 0) is 123 Å². The molecule has 10 rings (SSSR count). The highest BCUT2D eigenvalue weighted by Gasteiger charge is 2.62. The van der Waals surface area contributed by atoms with E-state index in [1.54, 1.807) is 0 Å². The number of hydrogen-bond donors (Lipinski definition) is 28. The van der Waals surface area contributed by atoms with Crippen molar-refractivity contribution in [3.63, 3.8) is 0 Å². The molecule has 0 aliphatic carbocycles. The van der Waals surface area contributed by atoms with Crippen LogP contribution in [0.5, 0.6) is 0 Å². The molecule has 0 bridgehead atoms. The molecule has 122 heavy (non-hydrogen) atoms. The van der Waals surface area contributed by atoms with Crippen molar-refractivity contribution in [3.05, 3.63) is 0 Å². The van der Waals surface area contributed by atoms with Gasteiger partial charge in [0.25, 0.3) is 0 Å². The summed E-state index contributed by atoms with van der Waals surface area (Å²) in [6.45, 7) is -9.16. The minimum absolute atomic E-state index is 0.279. The molecule has 0 aromatic rings. The van der Waals surface area contributed by atoms with E-state index in [1.165, 1.54) is 21.3 Å². The molecule has 0 amide bonds. The molecule has 0 radical (unpaired) electrons. The maximum Gasteiger partial charge on any atom is 0.335 e. The summed E-state index contributed by atoms with van der Waals surface area (Å²) in [5.41, 5.74) is 0. The van der Waals surface area contributed by atoms with Gasteiger partial charge in [0.05, 0.1) is 72.7 Å². The van der Waals surface area contributed by atoms with Crippen LogP contribution in [0, 0.1) is 0 Å². The summed E-state index contributed by atoms with van der Waals surface area (Å²) in [4.78, 5) is 11.7. The summed E-state index contributed by atoms with van der Waals surface area (Å²) in [6, 6.07) is 0. The number of aliphatic hydroxyl groups is 27. The van der Waals surface area contributed by atoms with Crippen molar-refractivity contribution in [3.8, 4) is 0 Å². The van der Waals surface area contributed by atoms with E-state index in [0.29, 0.717) is 0 Å². The van der Waals surface area contributed by atoms with Crippen molar-refractivity contribution in [2.75, 3.05) is 108 Å². The summed E-state index contributed by atoms with van der Waals surface area (Å²) >= 11 is 0. The van der Waals surface area contributed by atoms with Crippen molar-refractivity contribution in [1.29, 1.82) is 0 Å². The highest BCUT2D eigenvalue weighted by Crippen LogP contribution is 2.42. The lowest BCUT2D eigenvalue weighted by Crippen LogP contribution is -2.69. The van der Waals surface area contributed by atoms with Gasteiger partial charge in [-0.1, -0.05) is 0 Å². The van der Waals surface area contributed by atoms with Crippen LogP contribution >= 0.6 is 0 Å². The predicted molar refractivity (Wildman–Crippen MR) is 371 cm³/mol. The fraction of sp³-hybridized carbons (Fsp3) is 0.985. The van der Waals surface area contributed by atoms with E-state index in [-0.39, 0.29) is 6.61 Å². The van der Waals surface area contributed by atoms with Crippen LogP contribution in [-0.4, -0.2) is 570 Å². The van der Waals surface area contributed by atoms with Gasteiger partial charge >= 0.3 is 5.97 Å². The number of carboxylic acids is 1. The van der Waals surface area contributed by atoms with E-state index in [4.69, 9.17) is 118 Å². The molecule has 0 aromatic carbocycles. The number of hydrogen-bond acceptors (Lipinski definition) is 53. The Morgan fingerprint density at radius 2 is 0.443 bits per heavy atom. The Labute approximate surface area is 691 Å². The van der Waals surface area contributed by atoms with Crippen LogP contribution in [0.4, 0.5) is 0 Å². The molecule has 28 N–H and O–H groups in total. The van der Waals surface area contributed by atoms with Crippen molar-refractivity contribution in [1.82, 2.24) is 0 Å². The summed E-state index contributed by atoms with van der Waals surface area (Å²) in [6.07, 6.45) is -103. The van der Waals surface area contributed by atoms with E-state index < -0.39 is 385 Å². The minimum atomic E-state index is -2.50. The van der Waals surface area contributed by atoms with Gasteiger partial charge in [-0.25, -0.2) is 4.79 Å². The molecule has 10 aliphatic heterocycles. The fourth-order valence-corrected chi connectivity index (χ4v) is 15.5. The summed E-state index contributed by atoms with van der Waals surface area (Å²) in [5, 5.41) is 311. The quantitative estimate of drug-likeness (QED) is 0.0275. The first-order valence-electron chi connectivity index (χ1n) is 38.8. The molecule has 51 atom stereocenters. The van der Waals surface area contributed by atoms with E-state index >= 15 is 0 Å². The van der Waals surface area contributed by atoms with Crippen LogP contribution < -0.4 is 0 Å². The van der Waals surface area contributed by atoms with E-state index in [2.05, 4.69) is 0 Å². The molecule has 0 saturated carbocycles. The van der Waals surface area contributed by atoms with Gasteiger partial charge < -0.3 is 261 Å². The zero-order valence-electron chi connectivity index (χ0n) is 65.9. The number of aliphatic carboxylic acids is 1. The van der Waals surface area contributed by atoms with E-state index in [9.17, 15) is 148 Å². The fourth-order valence-electron chi connectivity index (χ4n) is 15.5. The Bertz CT molecular complexity index is 3080. The van der Waals surface area contributed by atoms with Crippen LogP contribution in [0.25, 0.3) is 0 Å². The van der Waals surface area contributed by atoms with Gasteiger partial charge in [0.2, 0.25) is 0 Å². The number of carbonyl (C=O) groups is 1. The Balaban J connectivity index is 0.864. The highest BCUT2D eigenvalue weighted by atomic mass is 16.8. The molecule has 54 heteroatoms. The van der Waals surface area contributed by atoms with Gasteiger partial charge in [0.15, 0.2) is 69.0 Å². The van der Waals surface area contributed by atoms with Crippen LogP contribution in [0.3, 0.4) is 0 Å². The third-order valence-electron chi connectivity index (χ3n) is 22.3. The molecule has 10 fully saturated rings. The Morgan fingerprint density at radius 3 is 0.770 bits per heavy atom. The lowest BCUT2D eigenvalue weighted by molar-refractivity contribution is -0.411. The largest absolute Gasteiger partial charge is 0.479 e. The first kappa shape index (κ1) is 102. The molecule has 10 saturated heterocycles. The summed E-state index contributed by atoms with van der Waals surface area (Å²) in [5.74, 6) is -1.74. The number of carboxylic acid groups (broad SMARTS) is 1. The van der Waals surface area contributed by atoms with E-state index in [1.807, 2.05) is 0 Å². The average molecular weight is 1800 g/mol. The first-order valence-corrected chi connectivity index (χ1v) is 38.8. The molecule has 0 aromatic heterocycles. The SMILES string of the molecule is COC[C@H]1O[C@H](O[C@H]2[C@H](O)[C@@H](O)[C@@H](O[C@H]3[C@H](O)[C@@H](O)[C@@H](O[C@H]4[C@H](O)[C@@H](O)[C@@H](O[C@H]5[C@H](O[C@H]6O[C@H](CO)[C@@H](O)[C@H](O)[C@H]6O)[C@@H](O)[C@@H](O[C@H]6[C@H](O)[C@@H](O)[C@H](O[C@@H]7[C@@H](O)[C@@H](OC[C@H]8O[C@H](OC(CO)C(=O)O)[C@H](O)[C@@H](O)[C@@H]8O)O[C@H](CO)[C@H]7O[C@@H]7O[C@H](CO)[C@@H](O)[C@H](O)[C@H]7O)O[C@@H]6CO)O[C@@H]5COC)O[C@@H]4COC)O[C@@H]3COC)O[C@@H]2COC)[C@H](O)[C@@H](O)[C@@H]1O. The van der Waals surface area contributed by atoms with Crippen molar-refractivity contribution in [2.45, 2.75) is 313 Å².